The number of hydrogen-bond donors (Lipinski definition) is 1. The van der Waals surface area contributed by atoms with Crippen molar-refractivity contribution >= 4 is 6.09 Å². The van der Waals surface area contributed by atoms with E-state index < -0.39 is 35.3 Å². The molecule has 1 N–H and O–H groups in total. The van der Waals surface area contributed by atoms with Gasteiger partial charge in [-0.1, -0.05) is 12.1 Å². The Morgan fingerprint density at radius 3 is 1.97 bits per heavy atom. The van der Waals surface area contributed by atoms with Crippen LogP contribution in [0.4, 0.5) is 26.7 Å². The van der Waals surface area contributed by atoms with Gasteiger partial charge in [0.2, 0.25) is 0 Å². The van der Waals surface area contributed by atoms with Crippen LogP contribution in [0, 0.1) is 0 Å². The molecule has 0 radical (unpaired) electrons. The number of amides is 1. The fourth-order valence-corrected chi connectivity index (χ4v) is 4.11. The van der Waals surface area contributed by atoms with Gasteiger partial charge in [0.25, 0.3) is 0 Å². The summed E-state index contributed by atoms with van der Waals surface area (Å²) < 4.78 is 72.2. The number of rotatable bonds is 3. The standard InChI is InChI=1S/C20H24F5NO4/c1-17(2,3)30-16(27)26-13-6-7-14(26)11-18(28,10-13)12-4-8-15(9-5-12)29-20(24,25)19(21,22)23/h4-5,8-9,13-14,28H,6-7,10-11H2,1-3H3. The van der Waals surface area contributed by atoms with Gasteiger partial charge in [-0.05, 0) is 51.3 Å². The molecule has 0 aromatic heterocycles. The molecule has 0 saturated carbocycles. The van der Waals surface area contributed by atoms with E-state index in [0.29, 0.717) is 18.4 Å². The zero-order valence-electron chi connectivity index (χ0n) is 16.8. The number of aliphatic hydroxyl groups is 1. The first-order valence-electron chi connectivity index (χ1n) is 9.59. The van der Waals surface area contributed by atoms with Gasteiger partial charge >= 0.3 is 18.4 Å². The Balaban J connectivity index is 1.73. The monoisotopic (exact) mass is 437 g/mol. The van der Waals surface area contributed by atoms with Gasteiger partial charge in [0, 0.05) is 24.9 Å². The van der Waals surface area contributed by atoms with Gasteiger partial charge in [-0.2, -0.15) is 22.0 Å². The largest absolute Gasteiger partial charge is 0.499 e. The predicted molar refractivity (Wildman–Crippen MR) is 96.1 cm³/mol. The molecule has 2 fully saturated rings. The average Bonchev–Trinajstić information content (AvgIpc) is 2.85. The summed E-state index contributed by atoms with van der Waals surface area (Å²) in [5.74, 6) is -0.668. The first kappa shape index (κ1) is 22.6. The van der Waals surface area contributed by atoms with Crippen LogP contribution in [0.15, 0.2) is 24.3 Å². The second-order valence-corrected chi connectivity index (χ2v) is 8.85. The highest BCUT2D eigenvalue weighted by Gasteiger charge is 2.61. The zero-order chi connectivity index (χ0) is 22.5. The van der Waals surface area contributed by atoms with Crippen molar-refractivity contribution in [2.45, 2.75) is 82.0 Å². The van der Waals surface area contributed by atoms with Crippen molar-refractivity contribution in [3.05, 3.63) is 29.8 Å². The molecule has 2 aliphatic heterocycles. The van der Waals surface area contributed by atoms with Gasteiger partial charge in [0.05, 0.1) is 5.60 Å². The van der Waals surface area contributed by atoms with Gasteiger partial charge in [-0.25, -0.2) is 4.79 Å². The first-order chi connectivity index (χ1) is 13.6. The summed E-state index contributed by atoms with van der Waals surface area (Å²) in [7, 11) is 0. The first-order valence-corrected chi connectivity index (χ1v) is 9.59. The SMILES string of the molecule is CC(C)(C)OC(=O)N1C2CCC1CC(O)(c1ccc(OC(F)(F)C(F)(F)F)cc1)C2. The number of nitrogens with zero attached hydrogens (tertiary/aromatic N) is 1. The molecule has 30 heavy (non-hydrogen) atoms. The van der Waals surface area contributed by atoms with E-state index in [9.17, 15) is 31.9 Å². The molecule has 1 amide bonds. The Kier molecular flexibility index (Phi) is 5.46. The van der Waals surface area contributed by atoms with Gasteiger partial charge in [0.15, 0.2) is 0 Å². The van der Waals surface area contributed by atoms with E-state index in [1.54, 1.807) is 25.7 Å². The van der Waals surface area contributed by atoms with E-state index in [1.807, 2.05) is 0 Å². The van der Waals surface area contributed by atoms with Crippen molar-refractivity contribution in [2.24, 2.45) is 0 Å². The van der Waals surface area contributed by atoms with Crippen molar-refractivity contribution in [3.63, 3.8) is 0 Å². The number of benzene rings is 1. The Morgan fingerprint density at radius 1 is 1.03 bits per heavy atom. The molecule has 2 atom stereocenters. The molecule has 0 aliphatic carbocycles. The van der Waals surface area contributed by atoms with Crippen LogP contribution >= 0.6 is 0 Å². The molecular formula is C20H24F5NO4. The Hall–Kier alpha value is -2.10. The van der Waals surface area contributed by atoms with Crippen LogP contribution in [-0.4, -0.2) is 46.1 Å². The average molecular weight is 437 g/mol. The minimum Gasteiger partial charge on any atom is -0.444 e. The van der Waals surface area contributed by atoms with Crippen molar-refractivity contribution in [3.8, 4) is 5.75 Å². The lowest BCUT2D eigenvalue weighted by Crippen LogP contribution is -2.53. The van der Waals surface area contributed by atoms with Crippen LogP contribution in [0.2, 0.25) is 0 Å². The Bertz CT molecular complexity index is 774. The Labute approximate surface area is 170 Å². The molecule has 10 heteroatoms. The van der Waals surface area contributed by atoms with Crippen molar-refractivity contribution < 1.29 is 41.3 Å². The maximum Gasteiger partial charge on any atom is 0.499 e. The molecule has 2 bridgehead atoms. The van der Waals surface area contributed by atoms with Crippen LogP contribution in [0.25, 0.3) is 0 Å². The third-order valence-electron chi connectivity index (χ3n) is 5.34. The van der Waals surface area contributed by atoms with Crippen LogP contribution in [-0.2, 0) is 10.3 Å². The van der Waals surface area contributed by atoms with Crippen molar-refractivity contribution in [2.75, 3.05) is 0 Å². The summed E-state index contributed by atoms with van der Waals surface area (Å²) in [5, 5.41) is 11.2. The van der Waals surface area contributed by atoms with Gasteiger partial charge in [-0.3, -0.25) is 0 Å². The van der Waals surface area contributed by atoms with E-state index in [1.165, 1.54) is 12.1 Å². The number of ether oxygens (including phenoxy) is 2. The number of halogens is 5. The molecule has 3 rings (SSSR count). The third-order valence-corrected chi connectivity index (χ3v) is 5.34. The van der Waals surface area contributed by atoms with Crippen LogP contribution in [0.1, 0.15) is 52.0 Å². The fourth-order valence-electron chi connectivity index (χ4n) is 4.11. The summed E-state index contributed by atoms with van der Waals surface area (Å²) >= 11 is 0. The number of fused-ring (bicyclic) bond motifs is 2. The molecule has 2 unspecified atom stereocenters. The fraction of sp³-hybridized carbons (Fsp3) is 0.650. The minimum atomic E-state index is -5.84. The Morgan fingerprint density at radius 2 is 1.53 bits per heavy atom. The van der Waals surface area contributed by atoms with Crippen LogP contribution < -0.4 is 4.74 Å². The summed E-state index contributed by atoms with van der Waals surface area (Å²) in [6.45, 7) is 5.29. The number of alkyl halides is 5. The van der Waals surface area contributed by atoms with Crippen molar-refractivity contribution in [1.82, 2.24) is 4.90 Å². The number of hydrogen-bond acceptors (Lipinski definition) is 4. The molecule has 2 aliphatic rings. The predicted octanol–water partition coefficient (Wildman–Crippen LogP) is 4.97. The molecule has 168 valence electrons. The lowest BCUT2D eigenvalue weighted by Gasteiger charge is -2.44. The van der Waals surface area contributed by atoms with Crippen molar-refractivity contribution in [1.29, 1.82) is 0 Å². The summed E-state index contributed by atoms with van der Waals surface area (Å²) in [5.41, 5.74) is -1.63. The quantitative estimate of drug-likeness (QED) is 0.679. The third kappa shape index (κ3) is 4.48. The van der Waals surface area contributed by atoms with Gasteiger partial charge in [0.1, 0.15) is 11.4 Å². The van der Waals surface area contributed by atoms with E-state index in [-0.39, 0.29) is 24.9 Å². The molecule has 0 spiro atoms. The van der Waals surface area contributed by atoms with E-state index >= 15 is 0 Å². The number of piperidine rings is 1. The summed E-state index contributed by atoms with van der Waals surface area (Å²) in [4.78, 5) is 14.2. The second-order valence-electron chi connectivity index (χ2n) is 8.85. The highest BCUT2D eigenvalue weighted by molar-refractivity contribution is 5.69. The normalized spacial score (nSPS) is 27.2. The summed E-state index contributed by atoms with van der Waals surface area (Å²) in [6, 6.07) is 3.96. The lowest BCUT2D eigenvalue weighted by atomic mass is 9.80. The maximum atomic E-state index is 13.0. The maximum absolute atomic E-state index is 13.0. The van der Waals surface area contributed by atoms with E-state index in [4.69, 9.17) is 4.74 Å². The highest BCUT2D eigenvalue weighted by Crippen LogP contribution is 2.46. The van der Waals surface area contributed by atoms with Gasteiger partial charge < -0.3 is 19.5 Å². The molecule has 2 saturated heterocycles. The van der Waals surface area contributed by atoms with Crippen LogP contribution in [0.3, 0.4) is 0 Å². The number of carbonyl (C=O) groups is 1. The second kappa shape index (κ2) is 7.25. The highest BCUT2D eigenvalue weighted by atomic mass is 19.4. The molecule has 2 heterocycles. The lowest BCUT2D eigenvalue weighted by molar-refractivity contribution is -0.360. The molecular weight excluding hydrogens is 413 g/mol. The molecule has 1 aromatic rings. The van der Waals surface area contributed by atoms with E-state index in [0.717, 1.165) is 12.1 Å². The smallest absolute Gasteiger partial charge is 0.444 e. The van der Waals surface area contributed by atoms with E-state index in [2.05, 4.69) is 4.74 Å². The number of carbonyl (C=O) groups excluding carboxylic acids is 1. The topological polar surface area (TPSA) is 59.0 Å². The zero-order valence-corrected chi connectivity index (χ0v) is 16.8. The van der Waals surface area contributed by atoms with Gasteiger partial charge in [-0.15, -0.1) is 0 Å². The molecule has 5 nitrogen and oxygen atoms in total. The summed E-state index contributed by atoms with van der Waals surface area (Å²) in [6.07, 6.45) is -9.81. The van der Waals surface area contributed by atoms with Crippen LogP contribution in [0.5, 0.6) is 5.75 Å². The minimum absolute atomic E-state index is 0.210. The molecule has 1 aromatic carbocycles.